The fourth-order valence-electron chi connectivity index (χ4n) is 3.39. The molecule has 2 heterocycles. The molecule has 0 spiro atoms. The number of nitrogens with one attached hydrogen (secondary N) is 2. The van der Waals surface area contributed by atoms with Crippen LogP contribution < -0.4 is 15.4 Å². The maximum Gasteiger partial charge on any atom is 0.256 e. The number of halogens is 2. The van der Waals surface area contributed by atoms with Crippen LogP contribution in [0.1, 0.15) is 45.4 Å². The van der Waals surface area contributed by atoms with Crippen molar-refractivity contribution in [3.63, 3.8) is 0 Å². The van der Waals surface area contributed by atoms with Gasteiger partial charge in [-0.3, -0.25) is 4.79 Å². The molecule has 0 saturated heterocycles. The SMILES string of the molecule is COc1c(Br)cc([C@@H]2NC(=O)c3c(sc4c3CCCC4)N2)cc1Br. The summed E-state index contributed by atoms with van der Waals surface area (Å²) < 4.78 is 7.05. The fraction of sp³-hybridized carbons (Fsp3) is 0.353. The van der Waals surface area contributed by atoms with Crippen LogP contribution in [-0.2, 0) is 12.8 Å². The van der Waals surface area contributed by atoms with Gasteiger partial charge in [-0.1, -0.05) is 0 Å². The normalized spacial score (nSPS) is 19.1. The van der Waals surface area contributed by atoms with Crippen LogP contribution in [-0.4, -0.2) is 13.0 Å². The highest BCUT2D eigenvalue weighted by Gasteiger charge is 2.32. The number of amides is 1. The standard InChI is InChI=1S/C17H16Br2N2O2S/c1-23-14-10(18)6-8(7-11(14)19)15-20-16(22)13-9-4-2-3-5-12(9)24-17(13)21-15/h6-7,15,21H,2-5H2,1H3,(H,20,22)/t15-/m1/s1. The zero-order valence-electron chi connectivity index (χ0n) is 13.0. The average Bonchev–Trinajstić information content (AvgIpc) is 2.93. The number of hydrogen-bond acceptors (Lipinski definition) is 4. The minimum absolute atomic E-state index is 0.0243. The molecule has 0 bridgehead atoms. The van der Waals surface area contributed by atoms with E-state index in [-0.39, 0.29) is 12.1 Å². The van der Waals surface area contributed by atoms with Crippen molar-refractivity contribution < 1.29 is 9.53 Å². The average molecular weight is 472 g/mol. The first kappa shape index (κ1) is 16.4. The number of ether oxygens (including phenoxy) is 1. The van der Waals surface area contributed by atoms with Gasteiger partial charge < -0.3 is 15.4 Å². The van der Waals surface area contributed by atoms with Crippen LogP contribution in [0.25, 0.3) is 0 Å². The Morgan fingerprint density at radius 2 is 1.88 bits per heavy atom. The summed E-state index contributed by atoms with van der Waals surface area (Å²) in [5.74, 6) is 0.768. The zero-order chi connectivity index (χ0) is 16.8. The lowest BCUT2D eigenvalue weighted by Gasteiger charge is -2.27. The van der Waals surface area contributed by atoms with Crippen LogP contribution in [0.2, 0.25) is 0 Å². The third-order valence-electron chi connectivity index (χ3n) is 4.51. The monoisotopic (exact) mass is 470 g/mol. The van der Waals surface area contributed by atoms with Gasteiger partial charge in [0.05, 0.1) is 21.6 Å². The van der Waals surface area contributed by atoms with Gasteiger partial charge in [-0.2, -0.15) is 0 Å². The summed E-state index contributed by atoms with van der Waals surface area (Å²) in [4.78, 5) is 14.1. The largest absolute Gasteiger partial charge is 0.494 e. The van der Waals surface area contributed by atoms with Crippen molar-refractivity contribution in [1.82, 2.24) is 5.32 Å². The number of carbonyl (C=O) groups is 1. The van der Waals surface area contributed by atoms with E-state index in [2.05, 4.69) is 42.5 Å². The summed E-state index contributed by atoms with van der Waals surface area (Å²) in [5, 5.41) is 7.59. The first-order chi connectivity index (χ1) is 11.6. The predicted molar refractivity (Wildman–Crippen MR) is 103 cm³/mol. The maximum atomic E-state index is 12.7. The van der Waals surface area contributed by atoms with Crippen LogP contribution >= 0.6 is 43.2 Å². The molecule has 4 rings (SSSR count). The quantitative estimate of drug-likeness (QED) is 0.646. The Kier molecular flexibility index (Phi) is 4.34. The number of thiophene rings is 1. The molecule has 0 radical (unpaired) electrons. The van der Waals surface area contributed by atoms with Crippen molar-refractivity contribution in [2.45, 2.75) is 31.8 Å². The summed E-state index contributed by atoms with van der Waals surface area (Å²) in [5.41, 5.74) is 3.08. The molecular formula is C17H16Br2N2O2S. The molecule has 24 heavy (non-hydrogen) atoms. The molecule has 2 aliphatic rings. The number of benzene rings is 1. The second-order valence-electron chi connectivity index (χ2n) is 5.98. The molecule has 1 aliphatic carbocycles. The highest BCUT2D eigenvalue weighted by atomic mass is 79.9. The van der Waals surface area contributed by atoms with Crippen LogP contribution in [0.15, 0.2) is 21.1 Å². The number of rotatable bonds is 2. The van der Waals surface area contributed by atoms with Crippen molar-refractivity contribution in [2.24, 2.45) is 0 Å². The van der Waals surface area contributed by atoms with Gasteiger partial charge in [0.1, 0.15) is 16.9 Å². The Morgan fingerprint density at radius 3 is 2.58 bits per heavy atom. The second-order valence-corrected chi connectivity index (χ2v) is 8.80. The zero-order valence-corrected chi connectivity index (χ0v) is 17.0. The van der Waals surface area contributed by atoms with Gasteiger partial charge in [0.2, 0.25) is 0 Å². The summed E-state index contributed by atoms with van der Waals surface area (Å²) in [7, 11) is 1.63. The number of aryl methyl sites for hydroxylation is 1. The molecule has 4 nitrogen and oxygen atoms in total. The molecule has 1 aliphatic heterocycles. The summed E-state index contributed by atoms with van der Waals surface area (Å²) in [6.45, 7) is 0. The topological polar surface area (TPSA) is 50.4 Å². The minimum atomic E-state index is -0.247. The lowest BCUT2D eigenvalue weighted by atomic mass is 9.94. The van der Waals surface area contributed by atoms with Crippen molar-refractivity contribution >= 4 is 54.1 Å². The fourth-order valence-corrected chi connectivity index (χ4v) is 6.25. The molecule has 2 aromatic rings. The molecule has 1 atom stereocenters. The Labute approximate surface area is 161 Å². The van der Waals surface area contributed by atoms with Gasteiger partial charge in [-0.05, 0) is 80.8 Å². The van der Waals surface area contributed by atoms with Gasteiger partial charge in [0.15, 0.2) is 0 Å². The predicted octanol–water partition coefficient (Wildman–Crippen LogP) is 5.01. The Bertz CT molecular complexity index is 811. The molecule has 0 fully saturated rings. The lowest BCUT2D eigenvalue weighted by molar-refractivity contribution is 0.0935. The van der Waals surface area contributed by atoms with E-state index in [1.165, 1.54) is 23.3 Å². The molecule has 1 aromatic carbocycles. The van der Waals surface area contributed by atoms with E-state index in [0.29, 0.717) is 0 Å². The van der Waals surface area contributed by atoms with Crippen LogP contribution in [0, 0.1) is 0 Å². The molecule has 126 valence electrons. The van der Waals surface area contributed by atoms with E-state index in [9.17, 15) is 4.79 Å². The van der Waals surface area contributed by atoms with Gasteiger partial charge in [0.25, 0.3) is 5.91 Å². The second kappa shape index (κ2) is 6.35. The van der Waals surface area contributed by atoms with Crippen LogP contribution in [0.4, 0.5) is 5.00 Å². The van der Waals surface area contributed by atoms with Gasteiger partial charge in [-0.25, -0.2) is 0 Å². The van der Waals surface area contributed by atoms with E-state index < -0.39 is 0 Å². The molecular weight excluding hydrogens is 456 g/mol. The molecule has 1 aromatic heterocycles. The Hall–Kier alpha value is -1.05. The number of anilines is 1. The number of methoxy groups -OCH3 is 1. The van der Waals surface area contributed by atoms with Gasteiger partial charge >= 0.3 is 0 Å². The Balaban J connectivity index is 1.71. The highest BCUT2D eigenvalue weighted by Crippen LogP contribution is 2.42. The number of fused-ring (bicyclic) bond motifs is 3. The van der Waals surface area contributed by atoms with E-state index in [1.807, 2.05) is 12.1 Å². The van der Waals surface area contributed by atoms with E-state index >= 15 is 0 Å². The van der Waals surface area contributed by atoms with Crippen molar-refractivity contribution in [1.29, 1.82) is 0 Å². The van der Waals surface area contributed by atoms with E-state index in [4.69, 9.17) is 4.74 Å². The Morgan fingerprint density at radius 1 is 1.17 bits per heavy atom. The first-order valence-corrected chi connectivity index (χ1v) is 10.2. The molecule has 0 saturated carbocycles. The smallest absolute Gasteiger partial charge is 0.256 e. The summed E-state index contributed by atoms with van der Waals surface area (Å²) in [6, 6.07) is 3.94. The van der Waals surface area contributed by atoms with Gasteiger partial charge in [0, 0.05) is 4.88 Å². The molecule has 7 heteroatoms. The minimum Gasteiger partial charge on any atom is -0.494 e. The first-order valence-electron chi connectivity index (χ1n) is 7.83. The summed E-state index contributed by atoms with van der Waals surface area (Å²) >= 11 is 8.79. The van der Waals surface area contributed by atoms with E-state index in [1.54, 1.807) is 18.4 Å². The van der Waals surface area contributed by atoms with Crippen LogP contribution in [0.5, 0.6) is 5.75 Å². The number of carbonyl (C=O) groups excluding carboxylic acids is 1. The molecule has 0 unspecified atom stereocenters. The highest BCUT2D eigenvalue weighted by molar-refractivity contribution is 9.11. The third kappa shape index (κ3) is 2.66. The molecule has 2 N–H and O–H groups in total. The van der Waals surface area contributed by atoms with E-state index in [0.717, 1.165) is 43.7 Å². The van der Waals surface area contributed by atoms with Crippen molar-refractivity contribution in [3.05, 3.63) is 42.6 Å². The van der Waals surface area contributed by atoms with Crippen molar-refractivity contribution in [2.75, 3.05) is 12.4 Å². The molecule has 1 amide bonds. The van der Waals surface area contributed by atoms with Crippen LogP contribution in [0.3, 0.4) is 0 Å². The lowest BCUT2D eigenvalue weighted by Crippen LogP contribution is -2.38. The maximum absolute atomic E-state index is 12.7. The number of hydrogen-bond donors (Lipinski definition) is 2. The van der Waals surface area contributed by atoms with Gasteiger partial charge in [-0.15, -0.1) is 11.3 Å². The summed E-state index contributed by atoms with van der Waals surface area (Å²) in [6.07, 6.45) is 4.25. The third-order valence-corrected chi connectivity index (χ3v) is 6.91. The van der Waals surface area contributed by atoms with Crippen molar-refractivity contribution in [3.8, 4) is 5.75 Å².